The van der Waals surface area contributed by atoms with E-state index in [4.69, 9.17) is 9.15 Å². The lowest BCUT2D eigenvalue weighted by Gasteiger charge is -2.22. The average molecular weight is 482 g/mol. The third kappa shape index (κ3) is 4.04. The highest BCUT2D eigenvalue weighted by Gasteiger charge is 2.26. The fourth-order valence-corrected chi connectivity index (χ4v) is 4.73. The highest BCUT2D eigenvalue weighted by Crippen LogP contribution is 2.42. The Morgan fingerprint density at radius 2 is 1.74 bits per heavy atom. The summed E-state index contributed by atoms with van der Waals surface area (Å²) >= 11 is 0. The minimum Gasteiger partial charge on any atom is -0.465 e. The molecule has 0 amide bonds. The zero-order valence-corrected chi connectivity index (χ0v) is 19.7. The van der Waals surface area contributed by atoms with Gasteiger partial charge in [-0.3, -0.25) is 9.35 Å². The van der Waals surface area contributed by atoms with Crippen LogP contribution in [0.15, 0.2) is 68.7 Å². The Morgan fingerprint density at radius 3 is 2.38 bits per heavy atom. The highest BCUT2D eigenvalue weighted by atomic mass is 32.2. The molecule has 0 atom stereocenters. The molecular weight excluding hydrogens is 458 g/mol. The highest BCUT2D eigenvalue weighted by molar-refractivity contribution is 7.85. The van der Waals surface area contributed by atoms with Crippen molar-refractivity contribution in [2.45, 2.75) is 18.7 Å². The first-order valence-corrected chi connectivity index (χ1v) is 12.1. The van der Waals surface area contributed by atoms with Crippen molar-refractivity contribution in [1.82, 2.24) is 0 Å². The molecule has 1 heterocycles. The maximum absolute atomic E-state index is 12.5. The summed E-state index contributed by atoms with van der Waals surface area (Å²) in [4.78, 5) is 26.4. The van der Waals surface area contributed by atoms with E-state index in [-0.39, 0.29) is 16.9 Å². The number of rotatable bonds is 6. The van der Waals surface area contributed by atoms with E-state index in [2.05, 4.69) is 4.90 Å². The van der Waals surface area contributed by atoms with Gasteiger partial charge in [0.1, 0.15) is 16.2 Å². The van der Waals surface area contributed by atoms with Crippen molar-refractivity contribution >= 4 is 32.7 Å². The van der Waals surface area contributed by atoms with Gasteiger partial charge in [0.05, 0.1) is 12.7 Å². The molecule has 0 aromatic heterocycles. The predicted molar refractivity (Wildman–Crippen MR) is 129 cm³/mol. The first-order chi connectivity index (χ1) is 16.2. The molecule has 0 fully saturated rings. The summed E-state index contributed by atoms with van der Waals surface area (Å²) in [6, 6.07) is 14.4. The van der Waals surface area contributed by atoms with E-state index in [9.17, 15) is 22.6 Å². The van der Waals surface area contributed by atoms with E-state index in [0.29, 0.717) is 22.1 Å². The summed E-state index contributed by atoms with van der Waals surface area (Å²) in [5.41, 5.74) is 1.92. The van der Waals surface area contributed by atoms with Crippen LogP contribution in [0.1, 0.15) is 24.2 Å². The smallest absolute Gasteiger partial charge is 0.338 e. The van der Waals surface area contributed by atoms with Crippen LogP contribution in [0.2, 0.25) is 0 Å². The second kappa shape index (κ2) is 8.92. The van der Waals surface area contributed by atoms with Gasteiger partial charge in [0, 0.05) is 47.4 Å². The van der Waals surface area contributed by atoms with Gasteiger partial charge < -0.3 is 14.1 Å². The molecule has 34 heavy (non-hydrogen) atoms. The van der Waals surface area contributed by atoms with Crippen molar-refractivity contribution in [3.63, 3.8) is 0 Å². The Bertz CT molecular complexity index is 1530. The van der Waals surface area contributed by atoms with Gasteiger partial charge >= 0.3 is 5.97 Å². The fourth-order valence-electron chi connectivity index (χ4n) is 4.15. The largest absolute Gasteiger partial charge is 0.465 e. The number of fused-ring (bicyclic) bond motifs is 2. The Morgan fingerprint density at radius 1 is 1.03 bits per heavy atom. The topological polar surface area (TPSA) is 114 Å². The lowest BCUT2D eigenvalue weighted by Crippen LogP contribution is -2.21. The Hall–Kier alpha value is -3.69. The van der Waals surface area contributed by atoms with Crippen LogP contribution in [0.25, 0.3) is 33.4 Å². The Labute approximate surface area is 196 Å². The molecule has 0 unspecified atom stereocenters. The second-order valence-corrected chi connectivity index (χ2v) is 9.03. The van der Waals surface area contributed by atoms with Crippen LogP contribution in [0.4, 0.5) is 5.69 Å². The van der Waals surface area contributed by atoms with Crippen LogP contribution in [-0.4, -0.2) is 39.1 Å². The number of nitrogens with zero attached hydrogens (tertiary/aromatic N) is 1. The molecule has 0 saturated heterocycles. The molecule has 0 radical (unpaired) electrons. The average Bonchev–Trinajstić information content (AvgIpc) is 2.81. The quantitative estimate of drug-likeness (QED) is 0.244. The van der Waals surface area contributed by atoms with Gasteiger partial charge in [-0.1, -0.05) is 18.2 Å². The van der Waals surface area contributed by atoms with Crippen molar-refractivity contribution in [3.05, 3.63) is 70.4 Å². The molecule has 2 aliphatic rings. The fraction of sp³-hybridized carbons (Fsp3) is 0.200. The van der Waals surface area contributed by atoms with Crippen LogP contribution in [-0.2, 0) is 14.9 Å². The van der Waals surface area contributed by atoms with Crippen molar-refractivity contribution in [3.8, 4) is 22.5 Å². The summed E-state index contributed by atoms with van der Waals surface area (Å²) in [5.74, 6) is -0.454. The molecule has 0 bridgehead atoms. The van der Waals surface area contributed by atoms with Crippen LogP contribution >= 0.6 is 0 Å². The van der Waals surface area contributed by atoms with Gasteiger partial charge in [0.15, 0.2) is 0 Å². The minimum atomic E-state index is -4.79. The van der Waals surface area contributed by atoms with Crippen molar-refractivity contribution < 1.29 is 26.9 Å². The SMILES string of the molecule is CCN(CC)c1ccc2c(-c3ccccc3C(=O)OC)c3cc(S(=O)(=O)O)c(=O)cc-3oc2c1. The third-order valence-electron chi connectivity index (χ3n) is 5.78. The van der Waals surface area contributed by atoms with Crippen LogP contribution in [0.5, 0.6) is 0 Å². The van der Waals surface area contributed by atoms with Crippen molar-refractivity contribution in [2.24, 2.45) is 0 Å². The summed E-state index contributed by atoms with van der Waals surface area (Å²) in [6.07, 6.45) is 0. The van der Waals surface area contributed by atoms with E-state index >= 15 is 0 Å². The number of esters is 1. The van der Waals surface area contributed by atoms with Crippen molar-refractivity contribution in [1.29, 1.82) is 0 Å². The normalized spacial score (nSPS) is 11.6. The van der Waals surface area contributed by atoms with E-state index in [1.54, 1.807) is 24.3 Å². The monoisotopic (exact) mass is 481 g/mol. The summed E-state index contributed by atoms with van der Waals surface area (Å²) in [6.45, 7) is 5.61. The van der Waals surface area contributed by atoms with Gasteiger partial charge in [0.2, 0.25) is 5.43 Å². The number of carbonyl (C=O) groups excluding carboxylic acids is 1. The lowest BCUT2D eigenvalue weighted by molar-refractivity contribution is 0.0601. The molecular formula is C25H23NO7S. The maximum atomic E-state index is 12.5. The van der Waals surface area contributed by atoms with E-state index < -0.39 is 26.4 Å². The number of hydrogen-bond acceptors (Lipinski definition) is 7. The second-order valence-electron chi connectivity index (χ2n) is 7.64. The standard InChI is InChI=1S/C25H23NO7S/c1-4-26(5-2)15-10-11-18-21(12-15)33-22-14-20(27)23(34(29,30)31)13-19(22)24(18)16-8-6-7-9-17(16)25(28)32-3/h6-14H,4-5H2,1-3H3,(H,29,30,31). The zero-order chi connectivity index (χ0) is 24.6. The van der Waals surface area contributed by atoms with Gasteiger partial charge in [-0.25, -0.2) is 4.79 Å². The molecule has 9 heteroatoms. The summed E-state index contributed by atoms with van der Waals surface area (Å²) < 4.78 is 44.3. The minimum absolute atomic E-state index is 0.122. The molecule has 1 aliphatic carbocycles. The number of ether oxygens (including phenoxy) is 1. The molecule has 2 aromatic carbocycles. The first-order valence-electron chi connectivity index (χ1n) is 10.6. The maximum Gasteiger partial charge on any atom is 0.338 e. The van der Waals surface area contributed by atoms with E-state index in [0.717, 1.165) is 30.9 Å². The first kappa shape index (κ1) is 23.5. The number of carbonyl (C=O) groups is 1. The molecule has 0 spiro atoms. The van der Waals surface area contributed by atoms with Crippen LogP contribution in [0.3, 0.4) is 0 Å². The van der Waals surface area contributed by atoms with Gasteiger partial charge in [-0.15, -0.1) is 0 Å². The number of anilines is 1. The molecule has 0 saturated carbocycles. The number of hydrogen-bond donors (Lipinski definition) is 1. The van der Waals surface area contributed by atoms with Crippen LogP contribution in [0, 0.1) is 0 Å². The molecule has 1 aliphatic heterocycles. The molecule has 1 N–H and O–H groups in total. The Balaban J connectivity index is 2.19. The van der Waals surface area contributed by atoms with E-state index in [1.165, 1.54) is 7.11 Å². The zero-order valence-electron chi connectivity index (χ0n) is 18.9. The predicted octanol–water partition coefficient (Wildman–Crippen LogP) is 4.44. The molecule has 8 nitrogen and oxygen atoms in total. The number of methoxy groups -OCH3 is 1. The molecule has 2 aromatic rings. The van der Waals surface area contributed by atoms with Gasteiger partial charge in [0.25, 0.3) is 10.1 Å². The summed E-state index contributed by atoms with van der Waals surface area (Å²) in [7, 11) is -3.52. The lowest BCUT2D eigenvalue weighted by atomic mass is 9.90. The third-order valence-corrected chi connectivity index (χ3v) is 6.65. The summed E-state index contributed by atoms with van der Waals surface area (Å²) in [5, 5.41) is 0.597. The number of benzene rings is 3. The van der Waals surface area contributed by atoms with Gasteiger partial charge in [-0.05, 0) is 43.7 Å². The molecule has 176 valence electrons. The van der Waals surface area contributed by atoms with Crippen molar-refractivity contribution in [2.75, 3.05) is 25.1 Å². The van der Waals surface area contributed by atoms with Crippen LogP contribution < -0.4 is 10.3 Å². The van der Waals surface area contributed by atoms with E-state index in [1.807, 2.05) is 32.0 Å². The Kier molecular flexibility index (Phi) is 6.16. The van der Waals surface area contributed by atoms with Gasteiger partial charge in [-0.2, -0.15) is 8.42 Å². The molecule has 4 rings (SSSR count).